The van der Waals surface area contributed by atoms with Gasteiger partial charge in [-0.15, -0.1) is 0 Å². The topological polar surface area (TPSA) is 77.4 Å². The summed E-state index contributed by atoms with van der Waals surface area (Å²) in [5.74, 6) is 0. The lowest BCUT2D eigenvalue weighted by Gasteiger charge is -2.41. The van der Waals surface area contributed by atoms with Crippen molar-refractivity contribution in [1.29, 1.82) is 0 Å². The Balaban J connectivity index is 3.93. The highest BCUT2D eigenvalue weighted by molar-refractivity contribution is 5.37. The third kappa shape index (κ3) is 11.2. The van der Waals surface area contributed by atoms with Gasteiger partial charge in [0.05, 0.1) is 25.9 Å². The molecule has 6 nitrogen and oxygen atoms in total. The molecule has 2 N–H and O–H groups in total. The second-order valence-electron chi connectivity index (χ2n) is 12.6. The summed E-state index contributed by atoms with van der Waals surface area (Å²) in [5, 5.41) is 19.7. The highest BCUT2D eigenvalue weighted by atomic mass is 19.4. The van der Waals surface area contributed by atoms with Crippen LogP contribution in [0.3, 0.4) is 0 Å². The lowest BCUT2D eigenvalue weighted by Crippen LogP contribution is -2.60. The molecule has 0 fully saturated rings. The minimum atomic E-state index is -7.13. The van der Waals surface area contributed by atoms with Gasteiger partial charge in [0, 0.05) is 24.2 Å². The van der Waals surface area contributed by atoms with Crippen molar-refractivity contribution >= 4 is 0 Å². The zero-order chi connectivity index (χ0) is 48.3. The van der Waals surface area contributed by atoms with Crippen molar-refractivity contribution in [1.82, 2.24) is 0 Å². The molecule has 30 heteroatoms. The zero-order valence-corrected chi connectivity index (χ0v) is 30.2. The molecule has 0 aliphatic rings. The van der Waals surface area contributed by atoms with Crippen LogP contribution in [0, 0.1) is 0 Å². The number of alkyl halides is 24. The molecule has 0 saturated carbocycles. The fraction of sp³-hybridized carbons (Fsp3) is 0.742. The van der Waals surface area contributed by atoms with Crippen LogP contribution < -0.4 is 0 Å². The Kier molecular flexibility index (Phi) is 17.1. The number of hydrogen-bond acceptors (Lipinski definition) is 6. The maximum atomic E-state index is 14.4. The zero-order valence-electron chi connectivity index (χ0n) is 30.2. The molecule has 0 saturated heterocycles. The van der Waals surface area contributed by atoms with Crippen LogP contribution in [0.25, 0.3) is 0 Å². The van der Waals surface area contributed by atoms with Crippen molar-refractivity contribution in [2.75, 3.05) is 26.4 Å². The predicted molar refractivity (Wildman–Crippen MR) is 154 cm³/mol. The highest BCUT2D eigenvalue weighted by Gasteiger charge is 2.77. The van der Waals surface area contributed by atoms with Crippen LogP contribution >= 0.6 is 0 Å². The van der Waals surface area contributed by atoms with Gasteiger partial charge >= 0.3 is 49.4 Å². The van der Waals surface area contributed by atoms with Gasteiger partial charge in [0.1, 0.15) is 6.10 Å². The Morgan fingerprint density at radius 2 is 0.852 bits per heavy atom. The molecule has 0 heterocycles. The predicted octanol–water partition coefficient (Wildman–Crippen LogP) is 10.6. The van der Waals surface area contributed by atoms with Crippen LogP contribution in [0.2, 0.25) is 0 Å². The molecule has 358 valence electrons. The smallest absolute Gasteiger partial charge is 0.391 e. The van der Waals surface area contributed by atoms with Crippen LogP contribution in [0.1, 0.15) is 44.2 Å². The lowest BCUT2D eigenvalue weighted by molar-refractivity contribution is -0.397. The third-order valence-corrected chi connectivity index (χ3v) is 8.29. The van der Waals surface area contributed by atoms with E-state index < -0.39 is 159 Å². The minimum Gasteiger partial charge on any atom is -0.391 e. The van der Waals surface area contributed by atoms with E-state index in [1.807, 2.05) is 0 Å². The SMILES string of the molecule is CCCC(O)COC(c1cccc(C(OCC(O)COC(C/C=C/C(OCC)(C(F)(F)F)C(F)(F)F)(C(F)(F)F)C(F)(F)F)(C(F)(F)F)C(F)(F)F)c1)(C(F)(F)F)C(F)(F)F. The Labute approximate surface area is 326 Å². The molecular weight excluding hydrogens is 924 g/mol. The lowest BCUT2D eigenvalue weighted by atomic mass is 9.85. The highest BCUT2D eigenvalue weighted by Crippen LogP contribution is 2.57. The normalized spacial score (nSPS) is 16.4. The number of halogens is 24. The van der Waals surface area contributed by atoms with Crippen LogP contribution in [0.15, 0.2) is 36.4 Å². The molecule has 61 heavy (non-hydrogen) atoms. The molecule has 0 amide bonds. The van der Waals surface area contributed by atoms with Gasteiger partial charge in [0.2, 0.25) is 0 Å². The average Bonchev–Trinajstić information content (AvgIpc) is 3.01. The van der Waals surface area contributed by atoms with Gasteiger partial charge in [0.15, 0.2) is 0 Å². The van der Waals surface area contributed by atoms with Gasteiger partial charge in [-0.25, -0.2) is 0 Å². The number of rotatable bonds is 18. The average molecular weight is 955 g/mol. The summed E-state index contributed by atoms with van der Waals surface area (Å²) in [5.41, 5.74) is -29.0. The minimum absolute atomic E-state index is 0.109. The number of aliphatic hydroxyl groups excluding tert-OH is 2. The monoisotopic (exact) mass is 954 g/mol. The van der Waals surface area contributed by atoms with E-state index in [4.69, 9.17) is 0 Å². The summed E-state index contributed by atoms with van der Waals surface area (Å²) < 4.78 is 351. The van der Waals surface area contributed by atoms with Gasteiger partial charge in [-0.1, -0.05) is 37.6 Å². The van der Waals surface area contributed by atoms with Crippen molar-refractivity contribution in [3.8, 4) is 0 Å². The molecule has 0 aromatic heterocycles. The summed E-state index contributed by atoms with van der Waals surface area (Å²) in [7, 11) is 0. The summed E-state index contributed by atoms with van der Waals surface area (Å²) in [6, 6.07) is -2.09. The number of aliphatic hydroxyl groups is 2. The first-order valence-corrected chi connectivity index (χ1v) is 16.3. The maximum Gasteiger partial charge on any atom is 0.430 e. The van der Waals surface area contributed by atoms with Gasteiger partial charge in [-0.3, -0.25) is 0 Å². The molecule has 1 aromatic carbocycles. The fourth-order valence-corrected chi connectivity index (χ4v) is 5.37. The Hall–Kier alpha value is -2.96. The molecule has 1 aromatic rings. The van der Waals surface area contributed by atoms with Crippen molar-refractivity contribution in [3.05, 3.63) is 47.5 Å². The largest absolute Gasteiger partial charge is 0.430 e. The molecular formula is C31H30F24O6. The van der Waals surface area contributed by atoms with Crippen LogP contribution in [-0.2, 0) is 30.1 Å². The van der Waals surface area contributed by atoms with Gasteiger partial charge in [-0.2, -0.15) is 105 Å². The van der Waals surface area contributed by atoms with E-state index in [9.17, 15) is 116 Å². The summed E-state index contributed by atoms with van der Waals surface area (Å²) >= 11 is 0. The Morgan fingerprint density at radius 3 is 1.16 bits per heavy atom. The molecule has 0 radical (unpaired) electrons. The third-order valence-electron chi connectivity index (χ3n) is 8.29. The first-order valence-electron chi connectivity index (χ1n) is 16.3. The quantitative estimate of drug-likeness (QED) is 0.113. The summed E-state index contributed by atoms with van der Waals surface area (Å²) in [6.07, 6.45) is -67.1. The van der Waals surface area contributed by atoms with E-state index in [1.54, 1.807) is 0 Å². The van der Waals surface area contributed by atoms with Gasteiger partial charge in [-0.05, 0) is 25.5 Å². The fourth-order valence-electron chi connectivity index (χ4n) is 5.37. The van der Waals surface area contributed by atoms with Crippen LogP contribution in [-0.4, -0.2) is 109 Å². The maximum absolute atomic E-state index is 14.4. The van der Waals surface area contributed by atoms with Crippen LogP contribution in [0.4, 0.5) is 105 Å². The van der Waals surface area contributed by atoms with Crippen molar-refractivity contribution in [2.24, 2.45) is 0 Å². The molecule has 1 rings (SSSR count). The number of hydrogen-bond donors (Lipinski definition) is 2. The molecule has 0 aliphatic heterocycles. The van der Waals surface area contributed by atoms with Crippen molar-refractivity contribution in [2.45, 2.75) is 117 Å². The first-order chi connectivity index (χ1) is 27.0. The van der Waals surface area contributed by atoms with E-state index in [-0.39, 0.29) is 18.6 Å². The van der Waals surface area contributed by atoms with Crippen molar-refractivity contribution < 1.29 is 135 Å². The van der Waals surface area contributed by atoms with E-state index in [0.717, 1.165) is 0 Å². The second-order valence-corrected chi connectivity index (χ2v) is 12.6. The van der Waals surface area contributed by atoms with Crippen LogP contribution in [0.5, 0.6) is 0 Å². The second kappa shape index (κ2) is 18.6. The standard InChI is InChI=1S/C31H30F24O6/c1-3-7-18(56)13-60-22(28(44,45)46,29(47,48)49)16-8-5-9-17(12-16)23(30(50,51)52,31(53,54)55)61-15-19(57)14-59-21(26(38,39)40,27(41,42)43)11-6-10-20(58-4-2,24(32,33)34)25(35,36)37/h5-6,8-10,12,18-19,56-57H,3-4,7,11,13-15H2,1-2H3/b10-6+. The van der Waals surface area contributed by atoms with E-state index in [1.165, 1.54) is 6.92 Å². The summed E-state index contributed by atoms with van der Waals surface area (Å²) in [4.78, 5) is 0. The van der Waals surface area contributed by atoms with Gasteiger partial charge < -0.3 is 29.2 Å². The molecule has 0 bridgehead atoms. The van der Waals surface area contributed by atoms with E-state index in [0.29, 0.717) is 6.92 Å². The molecule has 2 unspecified atom stereocenters. The molecule has 2 atom stereocenters. The molecule has 0 spiro atoms. The Morgan fingerprint density at radius 1 is 0.492 bits per heavy atom. The number of ether oxygens (including phenoxy) is 4. The number of benzene rings is 1. The summed E-state index contributed by atoms with van der Waals surface area (Å²) in [6.45, 7) is -7.30. The molecule has 0 aliphatic carbocycles. The van der Waals surface area contributed by atoms with Gasteiger partial charge in [0.25, 0.3) is 22.4 Å². The first kappa shape index (κ1) is 56.1. The van der Waals surface area contributed by atoms with Crippen molar-refractivity contribution in [3.63, 3.8) is 0 Å². The Bertz CT molecular complexity index is 1510. The van der Waals surface area contributed by atoms with E-state index >= 15 is 0 Å². The van der Waals surface area contributed by atoms with E-state index in [2.05, 4.69) is 18.9 Å².